The lowest BCUT2D eigenvalue weighted by Gasteiger charge is -2.08. The summed E-state index contributed by atoms with van der Waals surface area (Å²) in [4.78, 5) is 11.7. The van der Waals surface area contributed by atoms with E-state index in [2.05, 4.69) is 24.0 Å². The normalized spacial score (nSPS) is 14.7. The minimum absolute atomic E-state index is 0.113. The fourth-order valence-corrected chi connectivity index (χ4v) is 2.06. The molecule has 0 bridgehead atoms. The molecule has 0 saturated carbocycles. The molecular weight excluding hydrogens is 186 g/mol. The van der Waals surface area contributed by atoms with Crippen LogP contribution in [0.15, 0.2) is 36.9 Å². The zero-order chi connectivity index (χ0) is 10.7. The van der Waals surface area contributed by atoms with E-state index in [4.69, 9.17) is 0 Å². The number of benzene rings is 1. The lowest BCUT2D eigenvalue weighted by molar-refractivity contribution is -0.124. The largest absolute Gasteiger partial charge is 0.352 e. The Labute approximate surface area is 90.0 Å². The van der Waals surface area contributed by atoms with Gasteiger partial charge < -0.3 is 5.32 Å². The van der Waals surface area contributed by atoms with E-state index in [0.717, 1.165) is 12.8 Å². The second-order valence-corrected chi connectivity index (χ2v) is 3.91. The van der Waals surface area contributed by atoms with Crippen molar-refractivity contribution < 1.29 is 4.79 Å². The highest BCUT2D eigenvalue weighted by Gasteiger charge is 2.26. The quantitative estimate of drug-likeness (QED) is 0.741. The first kappa shape index (κ1) is 9.97. The van der Waals surface area contributed by atoms with Crippen molar-refractivity contribution in [2.45, 2.75) is 12.8 Å². The molecular formula is C13H15NO. The molecule has 0 saturated heterocycles. The van der Waals surface area contributed by atoms with Crippen molar-refractivity contribution in [1.82, 2.24) is 5.32 Å². The Morgan fingerprint density at radius 3 is 2.53 bits per heavy atom. The molecule has 2 nitrogen and oxygen atoms in total. The van der Waals surface area contributed by atoms with Gasteiger partial charge in [0.1, 0.15) is 0 Å². The van der Waals surface area contributed by atoms with Gasteiger partial charge in [-0.15, -0.1) is 6.58 Å². The monoisotopic (exact) mass is 201 g/mol. The SMILES string of the molecule is C=CCNC(=O)C1Cc2ccccc2C1. The highest BCUT2D eigenvalue weighted by atomic mass is 16.1. The maximum absolute atomic E-state index is 11.7. The van der Waals surface area contributed by atoms with E-state index in [-0.39, 0.29) is 11.8 Å². The number of nitrogens with one attached hydrogen (secondary N) is 1. The molecule has 0 fully saturated rings. The van der Waals surface area contributed by atoms with E-state index in [1.165, 1.54) is 11.1 Å². The summed E-state index contributed by atoms with van der Waals surface area (Å²) in [5, 5.41) is 2.85. The first-order valence-corrected chi connectivity index (χ1v) is 5.26. The van der Waals surface area contributed by atoms with Crippen LogP contribution < -0.4 is 5.32 Å². The second kappa shape index (κ2) is 4.30. The third kappa shape index (κ3) is 2.09. The van der Waals surface area contributed by atoms with Gasteiger partial charge in [0.25, 0.3) is 0 Å². The minimum Gasteiger partial charge on any atom is -0.352 e. The van der Waals surface area contributed by atoms with Crippen LogP contribution in [0.5, 0.6) is 0 Å². The third-order valence-corrected chi connectivity index (χ3v) is 2.84. The summed E-state index contributed by atoms with van der Waals surface area (Å²) in [6, 6.07) is 8.28. The molecule has 1 aromatic carbocycles. The van der Waals surface area contributed by atoms with Gasteiger partial charge in [0.15, 0.2) is 0 Å². The standard InChI is InChI=1S/C13H15NO/c1-2-7-14-13(15)12-8-10-5-3-4-6-11(10)9-12/h2-6,12H,1,7-9H2,(H,14,15). The van der Waals surface area contributed by atoms with Crippen LogP contribution >= 0.6 is 0 Å². The molecule has 78 valence electrons. The van der Waals surface area contributed by atoms with Crippen molar-refractivity contribution in [2.24, 2.45) is 5.92 Å². The van der Waals surface area contributed by atoms with Crippen molar-refractivity contribution in [3.05, 3.63) is 48.0 Å². The molecule has 0 unspecified atom stereocenters. The van der Waals surface area contributed by atoms with Gasteiger partial charge in [-0.05, 0) is 24.0 Å². The van der Waals surface area contributed by atoms with Gasteiger partial charge in [-0.3, -0.25) is 4.79 Å². The van der Waals surface area contributed by atoms with Crippen LogP contribution in [0, 0.1) is 5.92 Å². The molecule has 0 radical (unpaired) electrons. The lowest BCUT2D eigenvalue weighted by atomic mass is 10.1. The van der Waals surface area contributed by atoms with E-state index in [9.17, 15) is 4.79 Å². The van der Waals surface area contributed by atoms with Gasteiger partial charge >= 0.3 is 0 Å². The van der Waals surface area contributed by atoms with Crippen molar-refractivity contribution in [3.63, 3.8) is 0 Å². The Hall–Kier alpha value is -1.57. The van der Waals surface area contributed by atoms with Crippen LogP contribution in [0.4, 0.5) is 0 Å². The van der Waals surface area contributed by atoms with Crippen LogP contribution in [-0.2, 0) is 17.6 Å². The molecule has 2 heteroatoms. The van der Waals surface area contributed by atoms with Gasteiger partial charge in [-0.1, -0.05) is 30.3 Å². The predicted octanol–water partition coefficient (Wildman–Crippen LogP) is 1.70. The van der Waals surface area contributed by atoms with Crippen LogP contribution in [0.1, 0.15) is 11.1 Å². The maximum atomic E-state index is 11.7. The Balaban J connectivity index is 2.00. The highest BCUT2D eigenvalue weighted by Crippen LogP contribution is 2.26. The fraction of sp³-hybridized carbons (Fsp3) is 0.308. The fourth-order valence-electron chi connectivity index (χ4n) is 2.06. The first-order chi connectivity index (χ1) is 7.31. The second-order valence-electron chi connectivity index (χ2n) is 3.91. The molecule has 0 heterocycles. The van der Waals surface area contributed by atoms with Crippen LogP contribution in [0.3, 0.4) is 0 Å². The van der Waals surface area contributed by atoms with E-state index >= 15 is 0 Å². The summed E-state index contributed by atoms with van der Waals surface area (Å²) < 4.78 is 0. The molecule has 0 spiro atoms. The van der Waals surface area contributed by atoms with E-state index in [1.54, 1.807) is 6.08 Å². The van der Waals surface area contributed by atoms with Crippen molar-refractivity contribution in [2.75, 3.05) is 6.54 Å². The number of rotatable bonds is 3. The number of carbonyl (C=O) groups is 1. The number of fused-ring (bicyclic) bond motifs is 1. The summed E-state index contributed by atoms with van der Waals surface area (Å²) >= 11 is 0. The zero-order valence-electron chi connectivity index (χ0n) is 8.70. The number of amides is 1. The van der Waals surface area contributed by atoms with Crippen LogP contribution in [0.2, 0.25) is 0 Å². The van der Waals surface area contributed by atoms with Gasteiger partial charge in [0.2, 0.25) is 5.91 Å². The van der Waals surface area contributed by atoms with Crippen molar-refractivity contribution in [3.8, 4) is 0 Å². The molecule has 1 aliphatic rings. The van der Waals surface area contributed by atoms with E-state index < -0.39 is 0 Å². The first-order valence-electron chi connectivity index (χ1n) is 5.26. The molecule has 2 rings (SSSR count). The summed E-state index contributed by atoms with van der Waals surface area (Å²) in [5.74, 6) is 0.258. The Bertz CT molecular complexity index is 359. The maximum Gasteiger partial charge on any atom is 0.224 e. The molecule has 1 amide bonds. The number of carbonyl (C=O) groups excluding carboxylic acids is 1. The number of hydrogen-bond donors (Lipinski definition) is 1. The van der Waals surface area contributed by atoms with Gasteiger partial charge in [-0.2, -0.15) is 0 Å². The van der Waals surface area contributed by atoms with E-state index in [1.807, 2.05) is 12.1 Å². The average Bonchev–Trinajstić information content (AvgIpc) is 2.69. The number of hydrogen-bond acceptors (Lipinski definition) is 1. The molecule has 15 heavy (non-hydrogen) atoms. The predicted molar refractivity (Wildman–Crippen MR) is 60.5 cm³/mol. The Morgan fingerprint density at radius 1 is 1.40 bits per heavy atom. The van der Waals surface area contributed by atoms with Crippen molar-refractivity contribution in [1.29, 1.82) is 0 Å². The molecule has 0 atom stereocenters. The summed E-state index contributed by atoms with van der Waals surface area (Å²) in [7, 11) is 0. The smallest absolute Gasteiger partial charge is 0.224 e. The summed E-state index contributed by atoms with van der Waals surface area (Å²) in [6.45, 7) is 4.15. The molecule has 1 aliphatic carbocycles. The van der Waals surface area contributed by atoms with Gasteiger partial charge in [-0.25, -0.2) is 0 Å². The molecule has 1 aromatic rings. The average molecular weight is 201 g/mol. The highest BCUT2D eigenvalue weighted by molar-refractivity contribution is 5.80. The Morgan fingerprint density at radius 2 is 2.00 bits per heavy atom. The van der Waals surface area contributed by atoms with Crippen LogP contribution in [0.25, 0.3) is 0 Å². The van der Waals surface area contributed by atoms with Gasteiger partial charge in [0.05, 0.1) is 0 Å². The van der Waals surface area contributed by atoms with E-state index in [0.29, 0.717) is 6.54 Å². The van der Waals surface area contributed by atoms with Gasteiger partial charge in [0, 0.05) is 12.5 Å². The summed E-state index contributed by atoms with van der Waals surface area (Å²) in [5.41, 5.74) is 2.63. The molecule has 0 aliphatic heterocycles. The topological polar surface area (TPSA) is 29.1 Å². The lowest BCUT2D eigenvalue weighted by Crippen LogP contribution is -2.31. The van der Waals surface area contributed by atoms with Crippen LogP contribution in [-0.4, -0.2) is 12.5 Å². The van der Waals surface area contributed by atoms with Crippen molar-refractivity contribution >= 4 is 5.91 Å². The molecule has 0 aromatic heterocycles. The Kier molecular flexibility index (Phi) is 2.86. The zero-order valence-corrected chi connectivity index (χ0v) is 8.70. The summed E-state index contributed by atoms with van der Waals surface area (Å²) in [6.07, 6.45) is 3.46. The third-order valence-electron chi connectivity index (χ3n) is 2.84. The minimum atomic E-state index is 0.113. The molecule has 1 N–H and O–H groups in total.